The van der Waals surface area contributed by atoms with E-state index < -0.39 is 28.0 Å². The second kappa shape index (κ2) is 10.2. The molecule has 0 aliphatic carbocycles. The van der Waals surface area contributed by atoms with Gasteiger partial charge in [0.15, 0.2) is 0 Å². The Morgan fingerprint density at radius 2 is 1.58 bits per heavy atom. The molecule has 0 unspecified atom stereocenters. The van der Waals surface area contributed by atoms with Gasteiger partial charge in [0.2, 0.25) is 5.91 Å². The highest BCUT2D eigenvalue weighted by atomic mass is 32.2. The highest BCUT2D eigenvalue weighted by Crippen LogP contribution is 2.30. The fourth-order valence-electron chi connectivity index (χ4n) is 3.26. The maximum atomic E-state index is 13.2. The molecule has 0 heterocycles. The standard InChI is InChI=1S/C25H30FN3O3S/c1-4-5-16-27-22-10-6-9-21-20(22)8-7-11-23(21)33(31,32)29-19-14-12-18(13-15-19)28-24(30)25(2,3)17-26/h6-15,27,29H,4-5,16-17H2,1-3H3,(H,28,30). The fourth-order valence-corrected chi connectivity index (χ4v) is 4.54. The third-order valence-corrected chi connectivity index (χ3v) is 6.80. The number of halogens is 1. The van der Waals surface area contributed by atoms with Gasteiger partial charge in [0.05, 0.1) is 10.3 Å². The summed E-state index contributed by atoms with van der Waals surface area (Å²) in [5.41, 5.74) is 0.567. The molecule has 3 N–H and O–H groups in total. The summed E-state index contributed by atoms with van der Waals surface area (Å²) >= 11 is 0. The van der Waals surface area contributed by atoms with Crippen LogP contribution in [-0.4, -0.2) is 27.5 Å². The van der Waals surface area contributed by atoms with Crippen LogP contribution in [0, 0.1) is 5.41 Å². The lowest BCUT2D eigenvalue weighted by atomic mass is 9.94. The van der Waals surface area contributed by atoms with Crippen LogP contribution in [-0.2, 0) is 14.8 Å². The first kappa shape index (κ1) is 24.5. The molecule has 0 fully saturated rings. The first-order chi connectivity index (χ1) is 15.7. The predicted molar refractivity (Wildman–Crippen MR) is 133 cm³/mol. The van der Waals surface area contributed by atoms with Crippen LogP contribution in [0.1, 0.15) is 33.6 Å². The molecule has 0 saturated heterocycles. The summed E-state index contributed by atoms with van der Waals surface area (Å²) in [5, 5.41) is 7.49. The molecule has 0 atom stereocenters. The molecule has 6 nitrogen and oxygen atoms in total. The Morgan fingerprint density at radius 3 is 2.24 bits per heavy atom. The molecule has 33 heavy (non-hydrogen) atoms. The first-order valence-electron chi connectivity index (χ1n) is 10.9. The zero-order valence-corrected chi connectivity index (χ0v) is 19.9. The summed E-state index contributed by atoms with van der Waals surface area (Å²) in [4.78, 5) is 12.3. The van der Waals surface area contributed by atoms with Gasteiger partial charge >= 0.3 is 0 Å². The summed E-state index contributed by atoms with van der Waals surface area (Å²) in [6, 6.07) is 17.0. The topological polar surface area (TPSA) is 87.3 Å². The molecular weight excluding hydrogens is 441 g/mol. The Hall–Kier alpha value is -3.13. The van der Waals surface area contributed by atoms with E-state index in [2.05, 4.69) is 22.3 Å². The van der Waals surface area contributed by atoms with E-state index in [1.807, 2.05) is 18.2 Å². The summed E-state index contributed by atoms with van der Waals surface area (Å²) < 4.78 is 42.0. The summed E-state index contributed by atoms with van der Waals surface area (Å²) in [7, 11) is -3.86. The number of anilines is 3. The van der Waals surface area contributed by atoms with Crippen molar-refractivity contribution in [1.29, 1.82) is 0 Å². The number of hydrogen-bond acceptors (Lipinski definition) is 4. The van der Waals surface area contributed by atoms with E-state index in [9.17, 15) is 17.6 Å². The molecule has 0 bridgehead atoms. The van der Waals surface area contributed by atoms with Crippen molar-refractivity contribution in [1.82, 2.24) is 0 Å². The van der Waals surface area contributed by atoms with Gasteiger partial charge in [-0.3, -0.25) is 9.52 Å². The smallest absolute Gasteiger partial charge is 0.262 e. The monoisotopic (exact) mass is 471 g/mol. The van der Waals surface area contributed by atoms with Crippen molar-refractivity contribution >= 4 is 43.8 Å². The minimum Gasteiger partial charge on any atom is -0.385 e. The molecule has 3 aromatic rings. The normalized spacial score (nSPS) is 11.9. The molecule has 0 saturated carbocycles. The Bertz CT molecular complexity index is 1230. The highest BCUT2D eigenvalue weighted by molar-refractivity contribution is 7.93. The third kappa shape index (κ3) is 5.82. The second-order valence-electron chi connectivity index (χ2n) is 8.59. The van der Waals surface area contributed by atoms with Gasteiger partial charge in [-0.15, -0.1) is 0 Å². The Morgan fingerprint density at radius 1 is 0.939 bits per heavy atom. The largest absolute Gasteiger partial charge is 0.385 e. The van der Waals surface area contributed by atoms with Gasteiger partial charge in [0.1, 0.15) is 6.67 Å². The lowest BCUT2D eigenvalue weighted by Gasteiger charge is -2.19. The maximum Gasteiger partial charge on any atom is 0.262 e. The molecule has 8 heteroatoms. The molecule has 0 radical (unpaired) electrons. The molecule has 1 amide bonds. The SMILES string of the molecule is CCCCNc1cccc2c(S(=O)(=O)Nc3ccc(NC(=O)C(C)(C)CF)cc3)cccc12. The van der Waals surface area contributed by atoms with Crippen LogP contribution < -0.4 is 15.4 Å². The number of nitrogens with one attached hydrogen (secondary N) is 3. The number of sulfonamides is 1. The van der Waals surface area contributed by atoms with Crippen molar-refractivity contribution in [2.45, 2.75) is 38.5 Å². The van der Waals surface area contributed by atoms with Crippen molar-refractivity contribution in [3.8, 4) is 0 Å². The Balaban J connectivity index is 1.82. The number of alkyl halides is 1. The van der Waals surface area contributed by atoms with Gasteiger partial charge in [-0.1, -0.05) is 37.6 Å². The van der Waals surface area contributed by atoms with Gasteiger partial charge in [-0.2, -0.15) is 0 Å². The average Bonchev–Trinajstić information content (AvgIpc) is 2.80. The predicted octanol–water partition coefficient (Wildman–Crippen LogP) is 5.79. The zero-order valence-electron chi connectivity index (χ0n) is 19.1. The van der Waals surface area contributed by atoms with E-state index in [1.165, 1.54) is 13.8 Å². The molecule has 0 aromatic heterocycles. The lowest BCUT2D eigenvalue weighted by molar-refractivity contribution is -0.124. The molecule has 3 rings (SSSR count). The van der Waals surface area contributed by atoms with Crippen molar-refractivity contribution < 1.29 is 17.6 Å². The van der Waals surface area contributed by atoms with E-state index in [4.69, 9.17) is 0 Å². The first-order valence-corrected chi connectivity index (χ1v) is 12.4. The summed E-state index contributed by atoms with van der Waals surface area (Å²) in [5.74, 6) is -0.447. The lowest BCUT2D eigenvalue weighted by Crippen LogP contribution is -2.32. The van der Waals surface area contributed by atoms with Crippen LogP contribution in [0.2, 0.25) is 0 Å². The second-order valence-corrected chi connectivity index (χ2v) is 10.2. The van der Waals surface area contributed by atoms with Crippen LogP contribution in [0.25, 0.3) is 10.8 Å². The number of carbonyl (C=O) groups is 1. The number of unbranched alkanes of at least 4 members (excludes halogenated alkanes) is 1. The number of fused-ring (bicyclic) bond motifs is 1. The van der Waals surface area contributed by atoms with Gasteiger partial charge in [-0.05, 0) is 56.7 Å². The Kier molecular flexibility index (Phi) is 7.58. The van der Waals surface area contributed by atoms with Crippen molar-refractivity contribution in [3.05, 3.63) is 60.7 Å². The van der Waals surface area contributed by atoms with E-state index in [-0.39, 0.29) is 4.90 Å². The number of hydrogen-bond donors (Lipinski definition) is 3. The van der Waals surface area contributed by atoms with Crippen LogP contribution >= 0.6 is 0 Å². The third-order valence-electron chi connectivity index (χ3n) is 5.36. The van der Waals surface area contributed by atoms with E-state index in [1.54, 1.807) is 42.5 Å². The van der Waals surface area contributed by atoms with Crippen molar-refractivity contribution in [2.24, 2.45) is 5.41 Å². The van der Waals surface area contributed by atoms with Crippen molar-refractivity contribution in [3.63, 3.8) is 0 Å². The number of benzene rings is 3. The molecule has 0 aliphatic rings. The van der Waals surface area contributed by atoms with E-state index in [0.29, 0.717) is 16.8 Å². The summed E-state index contributed by atoms with van der Waals surface area (Å²) in [6.45, 7) is 5.18. The molecule has 0 spiro atoms. The van der Waals surface area contributed by atoms with Crippen LogP contribution in [0.15, 0.2) is 65.6 Å². The van der Waals surface area contributed by atoms with Gasteiger partial charge in [-0.25, -0.2) is 12.8 Å². The molecule has 3 aromatic carbocycles. The molecule has 0 aliphatic heterocycles. The van der Waals surface area contributed by atoms with Crippen LogP contribution in [0.3, 0.4) is 0 Å². The number of carbonyl (C=O) groups excluding carboxylic acids is 1. The fraction of sp³-hybridized carbons (Fsp3) is 0.320. The molecule has 176 valence electrons. The minimum atomic E-state index is -3.86. The Labute approximate surface area is 194 Å². The summed E-state index contributed by atoms with van der Waals surface area (Å²) in [6.07, 6.45) is 2.09. The number of rotatable bonds is 10. The quantitative estimate of drug-likeness (QED) is 0.327. The zero-order chi connectivity index (χ0) is 24.1. The average molecular weight is 472 g/mol. The van der Waals surface area contributed by atoms with Crippen molar-refractivity contribution in [2.75, 3.05) is 28.6 Å². The van der Waals surface area contributed by atoms with Crippen LogP contribution in [0.5, 0.6) is 0 Å². The molecular formula is C25H30FN3O3S. The van der Waals surface area contributed by atoms with E-state index in [0.717, 1.165) is 30.5 Å². The minimum absolute atomic E-state index is 0.182. The van der Waals surface area contributed by atoms with Gasteiger partial charge in [0.25, 0.3) is 10.0 Å². The van der Waals surface area contributed by atoms with Gasteiger partial charge in [0, 0.05) is 34.4 Å². The maximum absolute atomic E-state index is 13.2. The van der Waals surface area contributed by atoms with E-state index >= 15 is 0 Å². The highest BCUT2D eigenvalue weighted by Gasteiger charge is 2.27. The van der Waals surface area contributed by atoms with Gasteiger partial charge < -0.3 is 10.6 Å². The number of amides is 1. The van der Waals surface area contributed by atoms with Crippen LogP contribution in [0.4, 0.5) is 21.5 Å².